The van der Waals surface area contributed by atoms with Gasteiger partial charge in [-0.15, -0.1) is 0 Å². The smallest absolute Gasteiger partial charge is 0.251 e. The lowest BCUT2D eigenvalue weighted by Gasteiger charge is -2.27. The minimum absolute atomic E-state index is 0.00637. The van der Waals surface area contributed by atoms with E-state index in [-0.39, 0.29) is 35.7 Å². The summed E-state index contributed by atoms with van der Waals surface area (Å²) in [6.45, 7) is 7.74. The third-order valence-corrected chi connectivity index (χ3v) is 4.08. The van der Waals surface area contributed by atoms with Crippen LogP contribution in [0.1, 0.15) is 44.5 Å². The van der Waals surface area contributed by atoms with E-state index in [1.807, 2.05) is 26.8 Å². The average Bonchev–Trinajstić information content (AvgIpc) is 2.85. The molecule has 1 aromatic carbocycles. The van der Waals surface area contributed by atoms with Gasteiger partial charge in [-0.1, -0.05) is 39.0 Å². The Bertz CT molecular complexity index is 637. The average molecular weight is 346 g/mol. The number of Topliss-reactive ketones (excluding diaryl/α,β-unsaturated/α-hetero) is 1. The van der Waals surface area contributed by atoms with Gasteiger partial charge in [-0.3, -0.25) is 14.4 Å². The van der Waals surface area contributed by atoms with Crippen LogP contribution in [-0.4, -0.2) is 42.4 Å². The summed E-state index contributed by atoms with van der Waals surface area (Å²) in [5.41, 5.74) is 0.316. The molecule has 2 N–H and O–H groups in total. The van der Waals surface area contributed by atoms with Crippen LogP contribution in [0.4, 0.5) is 0 Å². The molecule has 1 aliphatic rings. The molecule has 0 aromatic heterocycles. The highest BCUT2D eigenvalue weighted by Gasteiger charge is 2.36. The van der Waals surface area contributed by atoms with E-state index in [0.29, 0.717) is 12.0 Å². The molecule has 3 atom stereocenters. The zero-order valence-corrected chi connectivity index (χ0v) is 15.2. The van der Waals surface area contributed by atoms with Crippen molar-refractivity contribution in [2.75, 3.05) is 6.61 Å². The molecular formula is C19H26N2O4. The molecule has 2 amide bonds. The van der Waals surface area contributed by atoms with Gasteiger partial charge >= 0.3 is 0 Å². The molecular weight excluding hydrogens is 320 g/mol. The van der Waals surface area contributed by atoms with Crippen LogP contribution < -0.4 is 10.6 Å². The molecule has 6 nitrogen and oxygen atoms in total. The summed E-state index contributed by atoms with van der Waals surface area (Å²) in [5, 5.41) is 5.52. The highest BCUT2D eigenvalue weighted by atomic mass is 16.5. The fourth-order valence-electron chi connectivity index (χ4n) is 2.77. The van der Waals surface area contributed by atoms with Gasteiger partial charge in [0.15, 0.2) is 5.78 Å². The van der Waals surface area contributed by atoms with Gasteiger partial charge in [0.05, 0.1) is 6.10 Å². The van der Waals surface area contributed by atoms with Gasteiger partial charge in [0.25, 0.3) is 5.91 Å². The van der Waals surface area contributed by atoms with Gasteiger partial charge < -0.3 is 15.4 Å². The van der Waals surface area contributed by atoms with Gasteiger partial charge in [0.1, 0.15) is 18.7 Å². The number of benzene rings is 1. The second kappa shape index (κ2) is 7.78. The van der Waals surface area contributed by atoms with E-state index in [1.54, 1.807) is 31.2 Å². The normalized spacial score (nSPS) is 21.7. The van der Waals surface area contributed by atoms with E-state index in [1.165, 1.54) is 0 Å². The second-order valence-corrected chi connectivity index (χ2v) is 7.63. The van der Waals surface area contributed by atoms with Crippen molar-refractivity contribution in [3.05, 3.63) is 35.9 Å². The maximum atomic E-state index is 12.7. The molecule has 1 fully saturated rings. The Morgan fingerprint density at radius 2 is 1.88 bits per heavy atom. The third kappa shape index (κ3) is 5.39. The minimum atomic E-state index is -0.728. The number of carbonyl (C=O) groups is 3. The predicted octanol–water partition coefficient (Wildman–Crippen LogP) is 1.69. The molecule has 0 saturated carbocycles. The molecule has 0 bridgehead atoms. The second-order valence-electron chi connectivity index (χ2n) is 7.63. The SMILES string of the molecule is C[C@@H]1OCC(=O)[C@H]1NC(=O)[C@H](CC(C)(C)C)NC(=O)c1ccccc1. The van der Waals surface area contributed by atoms with Crippen LogP contribution in [0.25, 0.3) is 0 Å². The minimum Gasteiger partial charge on any atom is -0.368 e. The van der Waals surface area contributed by atoms with Crippen LogP contribution in [0.5, 0.6) is 0 Å². The zero-order chi connectivity index (χ0) is 18.6. The molecule has 1 aliphatic heterocycles. The van der Waals surface area contributed by atoms with Crippen LogP contribution in [0.15, 0.2) is 30.3 Å². The van der Waals surface area contributed by atoms with Gasteiger partial charge in [0.2, 0.25) is 5.91 Å². The first-order valence-corrected chi connectivity index (χ1v) is 8.48. The van der Waals surface area contributed by atoms with Crippen LogP contribution in [0.3, 0.4) is 0 Å². The van der Waals surface area contributed by atoms with Crippen molar-refractivity contribution in [2.45, 2.75) is 52.3 Å². The summed E-state index contributed by atoms with van der Waals surface area (Å²) in [5.74, 6) is -0.827. The standard InChI is InChI=1S/C19H26N2O4/c1-12-16(15(22)11-25-12)21-18(24)14(10-19(2,3)4)20-17(23)13-8-6-5-7-9-13/h5-9,12,14,16H,10-11H2,1-4H3,(H,20,23)(H,21,24)/t12-,14-,16-/m0/s1. The molecule has 0 aliphatic carbocycles. The van der Waals surface area contributed by atoms with E-state index in [2.05, 4.69) is 10.6 Å². The molecule has 0 spiro atoms. The van der Waals surface area contributed by atoms with Gasteiger partial charge in [-0.05, 0) is 30.9 Å². The van der Waals surface area contributed by atoms with Crippen molar-refractivity contribution >= 4 is 17.6 Å². The molecule has 25 heavy (non-hydrogen) atoms. The highest BCUT2D eigenvalue weighted by Crippen LogP contribution is 2.21. The number of amides is 2. The number of hydrogen-bond acceptors (Lipinski definition) is 4. The molecule has 136 valence electrons. The number of carbonyl (C=O) groups excluding carboxylic acids is 3. The van der Waals surface area contributed by atoms with E-state index >= 15 is 0 Å². The first-order valence-electron chi connectivity index (χ1n) is 8.48. The number of ether oxygens (including phenoxy) is 1. The van der Waals surface area contributed by atoms with Gasteiger partial charge in [-0.25, -0.2) is 0 Å². The summed E-state index contributed by atoms with van der Waals surface area (Å²) < 4.78 is 5.26. The molecule has 1 heterocycles. The molecule has 6 heteroatoms. The first-order chi connectivity index (χ1) is 11.7. The van der Waals surface area contributed by atoms with Crippen molar-refractivity contribution in [3.8, 4) is 0 Å². The number of nitrogens with one attached hydrogen (secondary N) is 2. The first kappa shape index (κ1) is 19.1. The topological polar surface area (TPSA) is 84.5 Å². The summed E-state index contributed by atoms with van der Waals surface area (Å²) >= 11 is 0. The Labute approximate surface area is 148 Å². The Morgan fingerprint density at radius 1 is 1.24 bits per heavy atom. The monoisotopic (exact) mass is 346 g/mol. The highest BCUT2D eigenvalue weighted by molar-refractivity contribution is 5.98. The van der Waals surface area contributed by atoms with Crippen molar-refractivity contribution < 1.29 is 19.1 Å². The van der Waals surface area contributed by atoms with E-state index in [0.717, 1.165) is 0 Å². The lowest BCUT2D eigenvalue weighted by Crippen LogP contribution is -2.53. The summed E-state index contributed by atoms with van der Waals surface area (Å²) in [6.07, 6.45) is 0.0876. The summed E-state index contributed by atoms with van der Waals surface area (Å²) in [7, 11) is 0. The van der Waals surface area contributed by atoms with Crippen LogP contribution in [-0.2, 0) is 14.3 Å². The maximum Gasteiger partial charge on any atom is 0.251 e. The third-order valence-electron chi connectivity index (χ3n) is 4.08. The lowest BCUT2D eigenvalue weighted by atomic mass is 9.87. The number of rotatable bonds is 5. The van der Waals surface area contributed by atoms with Crippen molar-refractivity contribution in [3.63, 3.8) is 0 Å². The number of ketones is 1. The molecule has 0 radical (unpaired) electrons. The van der Waals surface area contributed by atoms with Gasteiger partial charge in [0, 0.05) is 5.56 Å². The fraction of sp³-hybridized carbons (Fsp3) is 0.526. The van der Waals surface area contributed by atoms with Crippen molar-refractivity contribution in [1.29, 1.82) is 0 Å². The summed E-state index contributed by atoms with van der Waals surface area (Å²) in [6, 6.07) is 7.35. The predicted molar refractivity (Wildman–Crippen MR) is 94.1 cm³/mol. The van der Waals surface area contributed by atoms with Crippen LogP contribution >= 0.6 is 0 Å². The molecule has 2 rings (SSSR count). The quantitative estimate of drug-likeness (QED) is 0.850. The maximum absolute atomic E-state index is 12.7. The van der Waals surface area contributed by atoms with Crippen LogP contribution in [0.2, 0.25) is 0 Å². The van der Waals surface area contributed by atoms with E-state index in [9.17, 15) is 14.4 Å². The Hall–Kier alpha value is -2.21. The van der Waals surface area contributed by atoms with Crippen LogP contribution in [0, 0.1) is 5.41 Å². The van der Waals surface area contributed by atoms with Crippen molar-refractivity contribution in [2.24, 2.45) is 5.41 Å². The Morgan fingerprint density at radius 3 is 2.40 bits per heavy atom. The van der Waals surface area contributed by atoms with E-state index in [4.69, 9.17) is 4.74 Å². The Kier molecular flexibility index (Phi) is 5.95. The largest absolute Gasteiger partial charge is 0.368 e. The Balaban J connectivity index is 2.10. The molecule has 0 unspecified atom stereocenters. The van der Waals surface area contributed by atoms with Gasteiger partial charge in [-0.2, -0.15) is 0 Å². The summed E-state index contributed by atoms with van der Waals surface area (Å²) in [4.78, 5) is 37.0. The lowest BCUT2D eigenvalue weighted by molar-refractivity contribution is -0.128. The molecule has 1 aromatic rings. The zero-order valence-electron chi connectivity index (χ0n) is 15.2. The number of hydrogen-bond donors (Lipinski definition) is 2. The van der Waals surface area contributed by atoms with E-state index < -0.39 is 12.1 Å². The fourth-order valence-corrected chi connectivity index (χ4v) is 2.77. The molecule has 1 saturated heterocycles. The van der Waals surface area contributed by atoms with Crippen molar-refractivity contribution in [1.82, 2.24) is 10.6 Å².